The second-order valence-corrected chi connectivity index (χ2v) is 5.34. The lowest BCUT2D eigenvalue weighted by atomic mass is 10.3. The smallest absolute Gasteiger partial charge is 0.139 e. The molecule has 0 saturated carbocycles. The predicted octanol–water partition coefficient (Wildman–Crippen LogP) is 3.52. The minimum Gasteiger partial charge on any atom is -0.321 e. The molecule has 0 unspecified atom stereocenters. The Morgan fingerprint density at radius 3 is 2.90 bits per heavy atom. The molecule has 7 heteroatoms. The molecule has 0 N–H and O–H groups in total. The average Bonchev–Trinajstić information content (AvgIpc) is 2.78. The Morgan fingerprint density at radius 1 is 1.35 bits per heavy atom. The van der Waals surface area contributed by atoms with E-state index in [4.69, 9.17) is 11.6 Å². The van der Waals surface area contributed by atoms with Gasteiger partial charge in [0.15, 0.2) is 0 Å². The lowest BCUT2D eigenvalue weighted by Gasteiger charge is -2.06. The molecule has 0 aliphatic carbocycles. The quantitative estimate of drug-likeness (QED) is 0.675. The standard InChI is InChI=1S/C13H9BrClFN4/c14-9-4-11-12(5-10(9)16)20(13(6-15)18-11)7-8-2-1-3-17-19-8/h1-5H,6-7H2. The van der Waals surface area contributed by atoms with Gasteiger partial charge in [-0.25, -0.2) is 9.37 Å². The van der Waals surface area contributed by atoms with Crippen molar-refractivity contribution in [1.29, 1.82) is 0 Å². The molecule has 0 atom stereocenters. The summed E-state index contributed by atoms with van der Waals surface area (Å²) < 4.78 is 16.0. The number of rotatable bonds is 3. The van der Waals surface area contributed by atoms with Crippen LogP contribution in [0, 0.1) is 5.82 Å². The second kappa shape index (κ2) is 5.46. The number of hydrogen-bond acceptors (Lipinski definition) is 3. The largest absolute Gasteiger partial charge is 0.321 e. The summed E-state index contributed by atoms with van der Waals surface area (Å²) >= 11 is 9.08. The van der Waals surface area contributed by atoms with Crippen molar-refractivity contribution in [2.45, 2.75) is 12.4 Å². The molecule has 0 fully saturated rings. The first-order valence-corrected chi connectivity index (χ1v) is 7.18. The SMILES string of the molecule is Fc1cc2c(cc1Br)nc(CCl)n2Cc1cccnn1. The van der Waals surface area contributed by atoms with E-state index in [0.29, 0.717) is 27.9 Å². The van der Waals surface area contributed by atoms with Crippen LogP contribution in [0.5, 0.6) is 0 Å². The maximum absolute atomic E-state index is 13.7. The molecule has 102 valence electrons. The van der Waals surface area contributed by atoms with Crippen LogP contribution in [0.4, 0.5) is 4.39 Å². The Labute approximate surface area is 127 Å². The topological polar surface area (TPSA) is 43.6 Å². The molecular formula is C13H9BrClFN4. The molecule has 3 aromatic rings. The van der Waals surface area contributed by atoms with Crippen LogP contribution < -0.4 is 0 Å². The summed E-state index contributed by atoms with van der Waals surface area (Å²) in [7, 11) is 0. The van der Waals surface area contributed by atoms with Crippen molar-refractivity contribution in [3.63, 3.8) is 0 Å². The fraction of sp³-hybridized carbons (Fsp3) is 0.154. The summed E-state index contributed by atoms with van der Waals surface area (Å²) in [4.78, 5) is 4.42. The number of imidazole rings is 1. The van der Waals surface area contributed by atoms with Gasteiger partial charge in [0.1, 0.15) is 11.6 Å². The van der Waals surface area contributed by atoms with Crippen LogP contribution in [0.15, 0.2) is 34.9 Å². The van der Waals surface area contributed by atoms with Crippen molar-refractivity contribution >= 4 is 38.6 Å². The van der Waals surface area contributed by atoms with Gasteiger partial charge in [0.05, 0.1) is 33.6 Å². The number of halogens is 3. The molecule has 0 bridgehead atoms. The van der Waals surface area contributed by atoms with Gasteiger partial charge in [0.25, 0.3) is 0 Å². The minimum atomic E-state index is -0.334. The van der Waals surface area contributed by atoms with Crippen LogP contribution in [0.1, 0.15) is 11.5 Å². The van der Waals surface area contributed by atoms with Gasteiger partial charge in [0.2, 0.25) is 0 Å². The highest BCUT2D eigenvalue weighted by Gasteiger charge is 2.13. The monoisotopic (exact) mass is 354 g/mol. The van der Waals surface area contributed by atoms with Crippen LogP contribution >= 0.6 is 27.5 Å². The molecule has 2 heterocycles. The zero-order chi connectivity index (χ0) is 14.1. The fourth-order valence-corrected chi connectivity index (χ4v) is 2.56. The molecule has 2 aromatic heterocycles. The van der Waals surface area contributed by atoms with Crippen molar-refractivity contribution in [3.05, 3.63) is 52.3 Å². The van der Waals surface area contributed by atoms with Gasteiger partial charge < -0.3 is 4.57 Å². The van der Waals surface area contributed by atoms with E-state index < -0.39 is 0 Å². The van der Waals surface area contributed by atoms with Crippen molar-refractivity contribution in [3.8, 4) is 0 Å². The summed E-state index contributed by atoms with van der Waals surface area (Å²) in [5.41, 5.74) is 2.14. The lowest BCUT2D eigenvalue weighted by molar-refractivity contribution is 0.621. The Morgan fingerprint density at radius 2 is 2.20 bits per heavy atom. The van der Waals surface area contributed by atoms with E-state index in [1.807, 2.05) is 10.6 Å². The van der Waals surface area contributed by atoms with Crippen molar-refractivity contribution < 1.29 is 4.39 Å². The molecule has 20 heavy (non-hydrogen) atoms. The predicted molar refractivity (Wildman–Crippen MR) is 78.1 cm³/mol. The third-order valence-electron chi connectivity index (χ3n) is 2.94. The number of fused-ring (bicyclic) bond motifs is 1. The van der Waals surface area contributed by atoms with Gasteiger partial charge in [-0.15, -0.1) is 11.6 Å². The highest BCUT2D eigenvalue weighted by Crippen LogP contribution is 2.25. The molecule has 0 aliphatic rings. The summed E-state index contributed by atoms with van der Waals surface area (Å²) in [6, 6.07) is 6.75. The Hall–Kier alpha value is -1.53. The highest BCUT2D eigenvalue weighted by molar-refractivity contribution is 9.10. The molecule has 0 spiro atoms. The van der Waals surface area contributed by atoms with Crippen molar-refractivity contribution in [1.82, 2.24) is 19.7 Å². The first kappa shape index (κ1) is 13.5. The molecule has 0 radical (unpaired) electrons. The van der Waals surface area contributed by atoms with Gasteiger partial charge in [-0.1, -0.05) is 0 Å². The molecule has 3 rings (SSSR count). The minimum absolute atomic E-state index is 0.244. The number of benzene rings is 1. The zero-order valence-corrected chi connectivity index (χ0v) is 12.6. The molecule has 0 amide bonds. The van der Waals surface area contributed by atoms with Crippen molar-refractivity contribution in [2.24, 2.45) is 0 Å². The normalized spacial score (nSPS) is 11.2. The van der Waals surface area contributed by atoms with E-state index in [9.17, 15) is 4.39 Å². The van der Waals surface area contributed by atoms with E-state index in [2.05, 4.69) is 31.1 Å². The fourth-order valence-electron chi connectivity index (χ4n) is 2.03. The summed E-state index contributed by atoms with van der Waals surface area (Å²) in [6.07, 6.45) is 1.61. The van der Waals surface area contributed by atoms with Gasteiger partial charge in [-0.3, -0.25) is 0 Å². The zero-order valence-electron chi connectivity index (χ0n) is 10.2. The molecule has 4 nitrogen and oxygen atoms in total. The second-order valence-electron chi connectivity index (χ2n) is 4.22. The number of hydrogen-bond donors (Lipinski definition) is 0. The van der Waals surface area contributed by atoms with Gasteiger partial charge in [-0.05, 0) is 34.1 Å². The molecule has 1 aromatic carbocycles. The maximum atomic E-state index is 13.7. The third-order valence-corrected chi connectivity index (χ3v) is 3.78. The summed E-state index contributed by atoms with van der Waals surface area (Å²) in [5.74, 6) is 0.581. The Balaban J connectivity index is 2.15. The van der Waals surface area contributed by atoms with Crippen molar-refractivity contribution in [2.75, 3.05) is 0 Å². The van der Waals surface area contributed by atoms with Gasteiger partial charge in [0, 0.05) is 12.3 Å². The van der Waals surface area contributed by atoms with Gasteiger partial charge in [-0.2, -0.15) is 10.2 Å². The van der Waals surface area contributed by atoms with Crippen LogP contribution in [0.2, 0.25) is 0 Å². The van der Waals surface area contributed by atoms with Crippen LogP contribution in [0.3, 0.4) is 0 Å². The molecule has 0 saturated heterocycles. The molecular weight excluding hydrogens is 347 g/mol. The first-order chi connectivity index (χ1) is 9.69. The summed E-state index contributed by atoms with van der Waals surface area (Å²) in [6.45, 7) is 0.452. The van der Waals surface area contributed by atoms with E-state index in [1.54, 1.807) is 18.3 Å². The summed E-state index contributed by atoms with van der Waals surface area (Å²) in [5, 5.41) is 7.87. The maximum Gasteiger partial charge on any atom is 0.139 e. The number of alkyl halides is 1. The van der Waals surface area contributed by atoms with E-state index in [-0.39, 0.29) is 11.7 Å². The molecule has 0 aliphatic heterocycles. The van der Waals surface area contributed by atoms with Crippen LogP contribution in [-0.4, -0.2) is 19.7 Å². The average molecular weight is 356 g/mol. The number of aromatic nitrogens is 4. The van der Waals surface area contributed by atoms with E-state index >= 15 is 0 Å². The van der Waals surface area contributed by atoms with Crippen LogP contribution in [0.25, 0.3) is 11.0 Å². The lowest BCUT2D eigenvalue weighted by Crippen LogP contribution is -2.06. The van der Waals surface area contributed by atoms with Crippen LogP contribution in [-0.2, 0) is 12.4 Å². The van der Waals surface area contributed by atoms with E-state index in [0.717, 1.165) is 5.69 Å². The Kier molecular flexibility index (Phi) is 3.67. The Bertz CT molecular complexity index is 760. The first-order valence-electron chi connectivity index (χ1n) is 5.85. The third kappa shape index (κ3) is 2.41. The highest BCUT2D eigenvalue weighted by atomic mass is 79.9. The number of nitrogens with zero attached hydrogens (tertiary/aromatic N) is 4. The van der Waals surface area contributed by atoms with E-state index in [1.165, 1.54) is 6.07 Å². The van der Waals surface area contributed by atoms with Gasteiger partial charge >= 0.3 is 0 Å².